The largest absolute Gasteiger partial charge is 0.480 e. The van der Waals surface area contributed by atoms with E-state index in [4.69, 9.17) is 9.47 Å². The quantitative estimate of drug-likeness (QED) is 0.708. The maximum atomic E-state index is 11.1. The van der Waals surface area contributed by atoms with E-state index in [1.165, 1.54) is 0 Å². The molecular formula is C11H15NO3. The molecule has 0 aliphatic heterocycles. The van der Waals surface area contributed by atoms with Crippen LogP contribution in [0.25, 0.3) is 0 Å². The van der Waals surface area contributed by atoms with Gasteiger partial charge in [-0.05, 0) is 32.9 Å². The van der Waals surface area contributed by atoms with Gasteiger partial charge in [0.05, 0.1) is 12.3 Å². The summed E-state index contributed by atoms with van der Waals surface area (Å²) in [6.45, 7) is 5.40. The third-order valence-corrected chi connectivity index (χ3v) is 1.61. The number of carbonyl (C=O) groups excluding carboxylic acids is 1. The van der Waals surface area contributed by atoms with Crippen molar-refractivity contribution in [3.63, 3.8) is 0 Å². The van der Waals surface area contributed by atoms with E-state index >= 15 is 0 Å². The van der Waals surface area contributed by atoms with Gasteiger partial charge in [-0.2, -0.15) is 0 Å². The second-order valence-electron chi connectivity index (χ2n) is 3.46. The molecule has 1 aromatic heterocycles. The summed E-state index contributed by atoms with van der Waals surface area (Å²) in [4.78, 5) is 15.2. The van der Waals surface area contributed by atoms with E-state index in [-0.39, 0.29) is 18.7 Å². The summed E-state index contributed by atoms with van der Waals surface area (Å²) in [5.41, 5.74) is 0.909. The summed E-state index contributed by atoms with van der Waals surface area (Å²) in [5.74, 6) is 0.201. The number of nitrogens with zero attached hydrogens (tertiary/aromatic N) is 1. The lowest BCUT2D eigenvalue weighted by atomic mass is 10.4. The molecule has 4 nitrogen and oxygen atoms in total. The van der Waals surface area contributed by atoms with E-state index in [1.54, 1.807) is 26.1 Å². The van der Waals surface area contributed by atoms with Gasteiger partial charge in [0.15, 0.2) is 6.61 Å². The minimum atomic E-state index is -0.370. The standard InChI is InChI=1S/C11H15NO3/c1-8(2)15-11(13)7-14-10-5-4-9(3)12-6-10/h4-6,8H,7H2,1-3H3. The average molecular weight is 209 g/mol. The SMILES string of the molecule is Cc1ccc(OCC(=O)OC(C)C)cn1. The van der Waals surface area contributed by atoms with Crippen molar-refractivity contribution in [1.29, 1.82) is 0 Å². The van der Waals surface area contributed by atoms with Crippen LogP contribution in [0.5, 0.6) is 5.75 Å². The maximum absolute atomic E-state index is 11.1. The molecule has 0 aliphatic carbocycles. The molecule has 0 saturated carbocycles. The van der Waals surface area contributed by atoms with Crippen LogP contribution in [-0.4, -0.2) is 23.7 Å². The fourth-order valence-corrected chi connectivity index (χ4v) is 0.979. The van der Waals surface area contributed by atoms with Crippen molar-refractivity contribution in [2.75, 3.05) is 6.61 Å². The van der Waals surface area contributed by atoms with Gasteiger partial charge >= 0.3 is 5.97 Å². The topological polar surface area (TPSA) is 48.4 Å². The molecule has 0 radical (unpaired) electrons. The summed E-state index contributed by atoms with van der Waals surface area (Å²) in [5, 5.41) is 0. The highest BCUT2D eigenvalue weighted by atomic mass is 16.6. The zero-order valence-corrected chi connectivity index (χ0v) is 9.19. The third kappa shape index (κ3) is 4.44. The van der Waals surface area contributed by atoms with Gasteiger partial charge in [0.25, 0.3) is 0 Å². The van der Waals surface area contributed by atoms with Crippen LogP contribution >= 0.6 is 0 Å². The van der Waals surface area contributed by atoms with Gasteiger partial charge in [-0.1, -0.05) is 0 Å². The van der Waals surface area contributed by atoms with E-state index in [2.05, 4.69) is 4.98 Å². The highest BCUT2D eigenvalue weighted by Crippen LogP contribution is 2.08. The lowest BCUT2D eigenvalue weighted by Gasteiger charge is -2.08. The Morgan fingerprint density at radius 1 is 1.47 bits per heavy atom. The van der Waals surface area contributed by atoms with Crippen molar-refractivity contribution >= 4 is 5.97 Å². The van der Waals surface area contributed by atoms with Crippen LogP contribution in [0.2, 0.25) is 0 Å². The molecule has 0 atom stereocenters. The van der Waals surface area contributed by atoms with E-state index in [1.807, 2.05) is 13.0 Å². The number of carbonyl (C=O) groups is 1. The Balaban J connectivity index is 2.37. The molecular weight excluding hydrogens is 194 g/mol. The number of aromatic nitrogens is 1. The smallest absolute Gasteiger partial charge is 0.344 e. The van der Waals surface area contributed by atoms with Crippen LogP contribution in [0.15, 0.2) is 18.3 Å². The molecule has 0 N–H and O–H groups in total. The second-order valence-corrected chi connectivity index (χ2v) is 3.46. The Labute approximate surface area is 89.2 Å². The fraction of sp³-hybridized carbons (Fsp3) is 0.455. The second kappa shape index (κ2) is 5.34. The lowest BCUT2D eigenvalue weighted by molar-refractivity contribution is -0.149. The van der Waals surface area contributed by atoms with Crippen LogP contribution in [0, 0.1) is 6.92 Å². The predicted molar refractivity (Wildman–Crippen MR) is 55.7 cm³/mol. The molecule has 1 heterocycles. The first-order valence-corrected chi connectivity index (χ1v) is 4.83. The van der Waals surface area contributed by atoms with Crippen molar-refractivity contribution in [3.8, 4) is 5.75 Å². The molecule has 0 bridgehead atoms. The minimum Gasteiger partial charge on any atom is -0.480 e. The van der Waals surface area contributed by atoms with Crippen molar-refractivity contribution in [2.24, 2.45) is 0 Å². The van der Waals surface area contributed by atoms with Crippen LogP contribution < -0.4 is 4.74 Å². The van der Waals surface area contributed by atoms with Gasteiger partial charge in [-0.3, -0.25) is 4.98 Å². The summed E-state index contributed by atoms with van der Waals surface area (Å²) in [6, 6.07) is 3.59. The fourth-order valence-electron chi connectivity index (χ4n) is 0.979. The molecule has 0 fully saturated rings. The van der Waals surface area contributed by atoms with Gasteiger partial charge in [0, 0.05) is 5.69 Å². The summed E-state index contributed by atoms with van der Waals surface area (Å²) in [6.07, 6.45) is 1.47. The number of hydrogen-bond acceptors (Lipinski definition) is 4. The summed E-state index contributed by atoms with van der Waals surface area (Å²) < 4.78 is 10.1. The Bertz CT molecular complexity index is 319. The van der Waals surface area contributed by atoms with E-state index < -0.39 is 0 Å². The highest BCUT2D eigenvalue weighted by molar-refractivity contribution is 5.71. The predicted octanol–water partition coefficient (Wildman–Crippen LogP) is 1.72. The molecule has 0 aliphatic rings. The highest BCUT2D eigenvalue weighted by Gasteiger charge is 2.06. The van der Waals surface area contributed by atoms with Crippen molar-refractivity contribution in [2.45, 2.75) is 26.9 Å². The number of ether oxygens (including phenoxy) is 2. The third-order valence-electron chi connectivity index (χ3n) is 1.61. The Kier molecular flexibility index (Phi) is 4.09. The summed E-state index contributed by atoms with van der Waals surface area (Å²) in [7, 11) is 0. The Morgan fingerprint density at radius 3 is 2.73 bits per heavy atom. The van der Waals surface area contributed by atoms with Crippen molar-refractivity contribution in [1.82, 2.24) is 4.98 Å². The lowest BCUT2D eigenvalue weighted by Crippen LogP contribution is -2.18. The number of esters is 1. The van der Waals surface area contributed by atoms with Gasteiger partial charge in [-0.25, -0.2) is 4.79 Å². The normalized spacial score (nSPS) is 10.1. The molecule has 0 amide bonds. The van der Waals surface area contributed by atoms with Gasteiger partial charge in [0.2, 0.25) is 0 Å². The maximum Gasteiger partial charge on any atom is 0.344 e. The van der Waals surface area contributed by atoms with Gasteiger partial charge in [0.1, 0.15) is 5.75 Å². The average Bonchev–Trinajstić information content (AvgIpc) is 2.16. The molecule has 1 aromatic rings. The van der Waals surface area contributed by atoms with Crippen LogP contribution in [0.1, 0.15) is 19.5 Å². The van der Waals surface area contributed by atoms with Crippen LogP contribution in [-0.2, 0) is 9.53 Å². The zero-order chi connectivity index (χ0) is 11.3. The monoisotopic (exact) mass is 209 g/mol. The first-order valence-electron chi connectivity index (χ1n) is 4.83. The molecule has 15 heavy (non-hydrogen) atoms. The van der Waals surface area contributed by atoms with Gasteiger partial charge in [-0.15, -0.1) is 0 Å². The van der Waals surface area contributed by atoms with E-state index in [0.29, 0.717) is 5.75 Å². The molecule has 0 saturated heterocycles. The van der Waals surface area contributed by atoms with Crippen molar-refractivity contribution < 1.29 is 14.3 Å². The van der Waals surface area contributed by atoms with E-state index in [0.717, 1.165) is 5.69 Å². The molecule has 1 rings (SSSR count). The van der Waals surface area contributed by atoms with Crippen molar-refractivity contribution in [3.05, 3.63) is 24.0 Å². The number of rotatable bonds is 4. The zero-order valence-electron chi connectivity index (χ0n) is 9.19. The van der Waals surface area contributed by atoms with Crippen LogP contribution in [0.4, 0.5) is 0 Å². The Morgan fingerprint density at radius 2 is 2.20 bits per heavy atom. The van der Waals surface area contributed by atoms with Crippen LogP contribution in [0.3, 0.4) is 0 Å². The number of hydrogen-bond donors (Lipinski definition) is 0. The first kappa shape index (κ1) is 11.5. The molecule has 4 heteroatoms. The first-order chi connectivity index (χ1) is 7.08. The minimum absolute atomic E-state index is 0.0804. The van der Waals surface area contributed by atoms with E-state index in [9.17, 15) is 4.79 Å². The van der Waals surface area contributed by atoms with Gasteiger partial charge < -0.3 is 9.47 Å². The summed E-state index contributed by atoms with van der Waals surface area (Å²) >= 11 is 0. The molecule has 0 unspecified atom stereocenters. The Hall–Kier alpha value is -1.58. The molecule has 0 spiro atoms. The molecule has 82 valence electrons. The number of pyridine rings is 1. The number of aryl methyl sites for hydroxylation is 1. The molecule has 0 aromatic carbocycles.